The molecular weight excluding hydrogens is 176 g/mol. The largest absolute Gasteiger partial charge is 0.338 e. The minimum atomic E-state index is 0.104. The maximum atomic E-state index is 11.6. The summed E-state index contributed by atoms with van der Waals surface area (Å²) in [5.41, 5.74) is 0. The summed E-state index contributed by atoms with van der Waals surface area (Å²) in [5, 5.41) is 3.12. The summed E-state index contributed by atoms with van der Waals surface area (Å²) >= 11 is 0. The van der Waals surface area contributed by atoms with Gasteiger partial charge in [-0.05, 0) is 26.3 Å². The molecule has 0 radical (unpaired) electrons. The summed E-state index contributed by atoms with van der Waals surface area (Å²) in [5.74, 6) is 2.52. The lowest BCUT2D eigenvalue weighted by Crippen LogP contribution is -2.47. The van der Waals surface area contributed by atoms with Gasteiger partial charge in [-0.1, -0.05) is 5.92 Å². The third kappa shape index (κ3) is 2.74. The minimum Gasteiger partial charge on any atom is -0.338 e. The maximum absolute atomic E-state index is 11.6. The first kappa shape index (κ1) is 11.1. The second kappa shape index (κ2) is 5.66. The van der Waals surface area contributed by atoms with Crippen LogP contribution in [0.5, 0.6) is 0 Å². The Kier molecular flexibility index (Phi) is 4.48. The number of piperidine rings is 1. The Balaban J connectivity index is 2.53. The number of carbonyl (C=O) groups excluding carboxylic acids is 1. The third-order valence-corrected chi connectivity index (χ3v) is 2.64. The van der Waals surface area contributed by atoms with Gasteiger partial charge in [0.15, 0.2) is 0 Å². The van der Waals surface area contributed by atoms with Gasteiger partial charge in [0.1, 0.15) is 0 Å². The van der Waals surface area contributed by atoms with Crippen LogP contribution in [0.4, 0.5) is 0 Å². The fraction of sp³-hybridized carbons (Fsp3) is 0.727. The molecule has 1 heterocycles. The second-order valence-electron chi connectivity index (χ2n) is 3.68. The summed E-state index contributed by atoms with van der Waals surface area (Å²) < 4.78 is 0. The van der Waals surface area contributed by atoms with Crippen LogP contribution >= 0.6 is 0 Å². The van der Waals surface area contributed by atoms with Gasteiger partial charge in [-0.3, -0.25) is 4.79 Å². The van der Waals surface area contributed by atoms with Gasteiger partial charge in [0.2, 0.25) is 5.91 Å². The molecule has 3 nitrogen and oxygen atoms in total. The number of nitrogens with one attached hydrogen (secondary N) is 1. The normalized spacial score (nSPS) is 21.7. The highest BCUT2D eigenvalue weighted by molar-refractivity contribution is 5.79. The van der Waals surface area contributed by atoms with Crippen LogP contribution in [0.15, 0.2) is 0 Å². The van der Waals surface area contributed by atoms with Crippen LogP contribution in [0.1, 0.15) is 25.7 Å². The van der Waals surface area contributed by atoms with Crippen LogP contribution in [0.25, 0.3) is 0 Å². The van der Waals surface area contributed by atoms with E-state index in [2.05, 4.69) is 11.2 Å². The zero-order valence-electron chi connectivity index (χ0n) is 8.75. The molecule has 1 amide bonds. The number of rotatable bonds is 3. The van der Waals surface area contributed by atoms with Crippen LogP contribution in [0.2, 0.25) is 0 Å². The van der Waals surface area contributed by atoms with Crippen molar-refractivity contribution in [3.8, 4) is 12.3 Å². The summed E-state index contributed by atoms with van der Waals surface area (Å²) in [6.07, 6.45) is 8.80. The van der Waals surface area contributed by atoms with Crippen molar-refractivity contribution in [1.82, 2.24) is 10.2 Å². The first-order chi connectivity index (χ1) is 6.79. The van der Waals surface area contributed by atoms with E-state index < -0.39 is 0 Å². The number of hydrogen-bond donors (Lipinski definition) is 1. The molecule has 1 aliphatic heterocycles. The van der Waals surface area contributed by atoms with E-state index in [-0.39, 0.29) is 12.3 Å². The number of likely N-dealkylation sites (tertiary alicyclic amines) is 1. The van der Waals surface area contributed by atoms with Crippen molar-refractivity contribution in [2.75, 3.05) is 20.1 Å². The molecule has 3 heteroatoms. The highest BCUT2D eigenvalue weighted by Crippen LogP contribution is 2.17. The van der Waals surface area contributed by atoms with E-state index in [9.17, 15) is 4.79 Å². The van der Waals surface area contributed by atoms with Crippen LogP contribution < -0.4 is 5.32 Å². The average Bonchev–Trinajstić information content (AvgIpc) is 2.19. The molecule has 1 N–H and O–H groups in total. The van der Waals surface area contributed by atoms with Crippen molar-refractivity contribution in [1.29, 1.82) is 0 Å². The molecule has 0 aromatic carbocycles. The summed E-state index contributed by atoms with van der Waals surface area (Å²) in [6, 6.07) is 0.342. The molecule has 14 heavy (non-hydrogen) atoms. The highest BCUT2D eigenvalue weighted by atomic mass is 16.2. The molecule has 0 aromatic rings. The number of carbonyl (C=O) groups is 1. The lowest BCUT2D eigenvalue weighted by Gasteiger charge is -2.35. The van der Waals surface area contributed by atoms with Gasteiger partial charge in [0.05, 0.1) is 6.42 Å². The van der Waals surface area contributed by atoms with Crippen molar-refractivity contribution >= 4 is 5.91 Å². The van der Waals surface area contributed by atoms with E-state index >= 15 is 0 Å². The van der Waals surface area contributed by atoms with Gasteiger partial charge >= 0.3 is 0 Å². The van der Waals surface area contributed by atoms with Gasteiger partial charge in [-0.15, -0.1) is 6.42 Å². The molecule has 0 aliphatic carbocycles. The molecule has 1 rings (SSSR count). The van der Waals surface area contributed by atoms with E-state index in [0.29, 0.717) is 6.04 Å². The quantitative estimate of drug-likeness (QED) is 0.668. The molecular formula is C11H18N2O. The standard InChI is InChI=1S/C11H18N2O/c1-3-6-11(14)13-8-5-4-7-10(13)9-12-2/h1,10,12H,4-9H2,2H3. The second-order valence-corrected chi connectivity index (χ2v) is 3.68. The number of hydrogen-bond acceptors (Lipinski definition) is 2. The predicted molar refractivity (Wildman–Crippen MR) is 56.7 cm³/mol. The van der Waals surface area contributed by atoms with Crippen LogP contribution in [-0.4, -0.2) is 37.0 Å². The Hall–Kier alpha value is -1.01. The fourth-order valence-corrected chi connectivity index (χ4v) is 1.97. The van der Waals surface area contributed by atoms with Gasteiger partial charge in [0, 0.05) is 19.1 Å². The Bertz CT molecular complexity index is 230. The zero-order chi connectivity index (χ0) is 10.4. The first-order valence-corrected chi connectivity index (χ1v) is 5.17. The molecule has 0 bridgehead atoms. The summed E-state index contributed by atoms with van der Waals surface area (Å²) in [4.78, 5) is 13.6. The molecule has 78 valence electrons. The van der Waals surface area contributed by atoms with E-state index in [1.54, 1.807) is 0 Å². The average molecular weight is 194 g/mol. The topological polar surface area (TPSA) is 32.3 Å². The van der Waals surface area contributed by atoms with Crippen molar-refractivity contribution in [3.63, 3.8) is 0 Å². The van der Waals surface area contributed by atoms with Gasteiger partial charge in [0.25, 0.3) is 0 Å². The van der Waals surface area contributed by atoms with Gasteiger partial charge in [-0.25, -0.2) is 0 Å². The van der Waals surface area contributed by atoms with Crippen LogP contribution in [0, 0.1) is 12.3 Å². The van der Waals surface area contributed by atoms with Gasteiger partial charge < -0.3 is 10.2 Å². The Labute approximate surface area is 85.9 Å². The van der Waals surface area contributed by atoms with Crippen molar-refractivity contribution < 1.29 is 4.79 Å². The Morgan fingerprint density at radius 3 is 3.07 bits per heavy atom. The summed E-state index contributed by atoms with van der Waals surface area (Å²) in [7, 11) is 1.92. The summed E-state index contributed by atoms with van der Waals surface area (Å²) in [6.45, 7) is 1.74. The first-order valence-electron chi connectivity index (χ1n) is 5.17. The fourth-order valence-electron chi connectivity index (χ4n) is 1.97. The molecule has 0 spiro atoms. The molecule has 1 saturated heterocycles. The third-order valence-electron chi connectivity index (χ3n) is 2.64. The van der Waals surface area contributed by atoms with E-state index in [1.165, 1.54) is 6.42 Å². The van der Waals surface area contributed by atoms with Gasteiger partial charge in [-0.2, -0.15) is 0 Å². The van der Waals surface area contributed by atoms with Crippen molar-refractivity contribution in [2.24, 2.45) is 0 Å². The smallest absolute Gasteiger partial charge is 0.234 e. The van der Waals surface area contributed by atoms with Crippen LogP contribution in [-0.2, 0) is 4.79 Å². The minimum absolute atomic E-state index is 0.104. The number of likely N-dealkylation sites (N-methyl/N-ethyl adjacent to an activating group) is 1. The molecule has 0 aromatic heterocycles. The predicted octanol–water partition coefficient (Wildman–Crippen LogP) is 0.610. The van der Waals surface area contributed by atoms with E-state index in [1.807, 2.05) is 11.9 Å². The SMILES string of the molecule is C#CCC(=O)N1CCCCC1CNC. The number of nitrogens with zero attached hydrogens (tertiary/aromatic N) is 1. The highest BCUT2D eigenvalue weighted by Gasteiger charge is 2.24. The molecule has 1 fully saturated rings. The lowest BCUT2D eigenvalue weighted by molar-refractivity contribution is -0.133. The van der Waals surface area contributed by atoms with E-state index in [0.717, 1.165) is 25.9 Å². The Morgan fingerprint density at radius 1 is 1.64 bits per heavy atom. The lowest BCUT2D eigenvalue weighted by atomic mass is 10.0. The van der Waals surface area contributed by atoms with Crippen LogP contribution in [0.3, 0.4) is 0 Å². The zero-order valence-corrected chi connectivity index (χ0v) is 8.75. The monoisotopic (exact) mass is 194 g/mol. The maximum Gasteiger partial charge on any atom is 0.234 e. The van der Waals surface area contributed by atoms with E-state index in [4.69, 9.17) is 6.42 Å². The molecule has 0 saturated carbocycles. The number of amides is 1. The molecule has 1 unspecified atom stereocenters. The Morgan fingerprint density at radius 2 is 2.43 bits per heavy atom. The number of terminal acetylenes is 1. The van der Waals surface area contributed by atoms with Crippen molar-refractivity contribution in [2.45, 2.75) is 31.7 Å². The molecule has 1 atom stereocenters. The van der Waals surface area contributed by atoms with Crippen molar-refractivity contribution in [3.05, 3.63) is 0 Å². The molecule has 1 aliphatic rings.